The molecule has 0 atom stereocenters. The number of ether oxygens (including phenoxy) is 1. The second-order valence-electron chi connectivity index (χ2n) is 4.16. The molecule has 0 saturated heterocycles. The number of phenols is 1. The summed E-state index contributed by atoms with van der Waals surface area (Å²) in [4.78, 5) is 0. The van der Waals surface area contributed by atoms with Gasteiger partial charge in [0.25, 0.3) is 0 Å². The normalized spacial score (nSPS) is 10.4. The summed E-state index contributed by atoms with van der Waals surface area (Å²) in [6.45, 7) is 1.21. The highest BCUT2D eigenvalue weighted by molar-refractivity contribution is 6.32. The van der Waals surface area contributed by atoms with Gasteiger partial charge in [0.05, 0.1) is 12.1 Å². The van der Waals surface area contributed by atoms with Crippen molar-refractivity contribution in [2.45, 2.75) is 13.1 Å². The van der Waals surface area contributed by atoms with Gasteiger partial charge in [-0.1, -0.05) is 41.9 Å². The Kier molecular flexibility index (Phi) is 4.66. The fourth-order valence-electron chi connectivity index (χ4n) is 1.88. The monoisotopic (exact) mass is 277 g/mol. The topological polar surface area (TPSA) is 41.5 Å². The lowest BCUT2D eigenvalue weighted by molar-refractivity contribution is 0.407. The molecule has 2 rings (SSSR count). The zero-order valence-electron chi connectivity index (χ0n) is 10.7. The van der Waals surface area contributed by atoms with E-state index in [2.05, 4.69) is 5.32 Å². The number of para-hydroxylation sites is 2. The van der Waals surface area contributed by atoms with Gasteiger partial charge in [-0.05, 0) is 12.1 Å². The second kappa shape index (κ2) is 6.45. The average molecular weight is 278 g/mol. The Hall–Kier alpha value is -1.71. The fraction of sp³-hybridized carbons (Fsp3) is 0.200. The highest BCUT2D eigenvalue weighted by Gasteiger charge is 2.05. The maximum atomic E-state index is 9.80. The first kappa shape index (κ1) is 13.7. The number of aromatic hydroxyl groups is 1. The number of halogens is 1. The van der Waals surface area contributed by atoms with E-state index in [4.69, 9.17) is 16.3 Å². The highest BCUT2D eigenvalue weighted by Crippen LogP contribution is 2.26. The molecule has 0 bridgehead atoms. The van der Waals surface area contributed by atoms with Crippen molar-refractivity contribution in [1.29, 1.82) is 0 Å². The summed E-state index contributed by atoms with van der Waals surface area (Å²) in [6.07, 6.45) is 0. The molecule has 0 spiro atoms. The summed E-state index contributed by atoms with van der Waals surface area (Å²) in [5.74, 6) is 0.988. The minimum absolute atomic E-state index is 0.136. The van der Waals surface area contributed by atoms with Crippen LogP contribution in [0.5, 0.6) is 11.5 Å². The summed E-state index contributed by atoms with van der Waals surface area (Å²) in [6, 6.07) is 13.2. The Morgan fingerprint density at radius 3 is 2.53 bits per heavy atom. The molecular formula is C15H16ClNO2. The van der Waals surface area contributed by atoms with Gasteiger partial charge >= 0.3 is 0 Å². The largest absolute Gasteiger partial charge is 0.506 e. The van der Waals surface area contributed by atoms with E-state index >= 15 is 0 Å². The molecule has 3 nitrogen and oxygen atoms in total. The Bertz CT molecular complexity index is 558. The summed E-state index contributed by atoms with van der Waals surface area (Å²) in [5, 5.41) is 13.4. The third-order valence-corrected chi connectivity index (χ3v) is 3.20. The van der Waals surface area contributed by atoms with E-state index in [1.54, 1.807) is 13.2 Å². The number of nitrogens with one attached hydrogen (secondary N) is 1. The van der Waals surface area contributed by atoms with Gasteiger partial charge in [-0.2, -0.15) is 0 Å². The van der Waals surface area contributed by atoms with E-state index in [9.17, 15) is 5.11 Å². The summed E-state index contributed by atoms with van der Waals surface area (Å²) >= 11 is 5.86. The minimum Gasteiger partial charge on any atom is -0.506 e. The SMILES string of the molecule is COc1ccccc1CNCc1cccc(Cl)c1O. The summed E-state index contributed by atoms with van der Waals surface area (Å²) in [7, 11) is 1.65. The molecule has 0 heterocycles. The zero-order chi connectivity index (χ0) is 13.7. The maximum Gasteiger partial charge on any atom is 0.138 e. The molecule has 0 aliphatic heterocycles. The van der Waals surface area contributed by atoms with Crippen LogP contribution in [0.25, 0.3) is 0 Å². The molecule has 100 valence electrons. The van der Waals surface area contributed by atoms with Crippen LogP contribution in [-0.4, -0.2) is 12.2 Å². The first-order chi connectivity index (χ1) is 9.22. The van der Waals surface area contributed by atoms with Crippen molar-refractivity contribution in [3.63, 3.8) is 0 Å². The van der Waals surface area contributed by atoms with Crippen LogP contribution in [0.3, 0.4) is 0 Å². The van der Waals surface area contributed by atoms with Gasteiger partial charge in [0.2, 0.25) is 0 Å². The molecule has 0 amide bonds. The molecule has 0 unspecified atom stereocenters. The third-order valence-electron chi connectivity index (χ3n) is 2.89. The first-order valence-electron chi connectivity index (χ1n) is 6.01. The molecular weight excluding hydrogens is 262 g/mol. The van der Waals surface area contributed by atoms with E-state index in [-0.39, 0.29) is 5.75 Å². The summed E-state index contributed by atoms with van der Waals surface area (Å²) in [5.41, 5.74) is 1.86. The quantitative estimate of drug-likeness (QED) is 0.881. The molecule has 0 aliphatic rings. The lowest BCUT2D eigenvalue weighted by atomic mass is 10.1. The van der Waals surface area contributed by atoms with Crippen LogP contribution in [0.4, 0.5) is 0 Å². The van der Waals surface area contributed by atoms with Gasteiger partial charge in [-0.3, -0.25) is 0 Å². The number of rotatable bonds is 5. The van der Waals surface area contributed by atoms with Crippen molar-refractivity contribution in [1.82, 2.24) is 5.32 Å². The van der Waals surface area contributed by atoms with E-state index in [1.165, 1.54) is 0 Å². The Labute approximate surface area is 117 Å². The van der Waals surface area contributed by atoms with Gasteiger partial charge in [-0.25, -0.2) is 0 Å². The van der Waals surface area contributed by atoms with Crippen molar-refractivity contribution in [3.8, 4) is 11.5 Å². The van der Waals surface area contributed by atoms with Crippen LogP contribution in [-0.2, 0) is 13.1 Å². The molecule has 2 aromatic carbocycles. The highest BCUT2D eigenvalue weighted by atomic mass is 35.5. The molecule has 2 aromatic rings. The molecule has 0 fully saturated rings. The maximum absolute atomic E-state index is 9.80. The van der Waals surface area contributed by atoms with Crippen LogP contribution in [0.15, 0.2) is 42.5 Å². The zero-order valence-corrected chi connectivity index (χ0v) is 11.4. The summed E-state index contributed by atoms with van der Waals surface area (Å²) < 4.78 is 5.28. The minimum atomic E-state index is 0.136. The van der Waals surface area contributed by atoms with Crippen molar-refractivity contribution >= 4 is 11.6 Å². The van der Waals surface area contributed by atoms with Crippen molar-refractivity contribution in [2.75, 3.05) is 7.11 Å². The van der Waals surface area contributed by atoms with Crippen molar-refractivity contribution in [2.24, 2.45) is 0 Å². The molecule has 4 heteroatoms. The Morgan fingerprint density at radius 1 is 1.05 bits per heavy atom. The molecule has 0 aromatic heterocycles. The predicted molar refractivity (Wildman–Crippen MR) is 76.7 cm³/mol. The van der Waals surface area contributed by atoms with Crippen molar-refractivity contribution in [3.05, 3.63) is 58.6 Å². The van der Waals surface area contributed by atoms with Crippen LogP contribution >= 0.6 is 11.6 Å². The van der Waals surface area contributed by atoms with Crippen LogP contribution < -0.4 is 10.1 Å². The molecule has 0 radical (unpaired) electrons. The van der Waals surface area contributed by atoms with Gasteiger partial charge in [-0.15, -0.1) is 0 Å². The van der Waals surface area contributed by atoms with E-state index in [0.717, 1.165) is 16.9 Å². The van der Waals surface area contributed by atoms with Gasteiger partial charge < -0.3 is 15.2 Å². The lowest BCUT2D eigenvalue weighted by Gasteiger charge is -2.10. The first-order valence-corrected chi connectivity index (χ1v) is 6.39. The van der Waals surface area contributed by atoms with E-state index in [1.807, 2.05) is 36.4 Å². The lowest BCUT2D eigenvalue weighted by Crippen LogP contribution is -2.13. The Morgan fingerprint density at radius 2 is 1.74 bits per heavy atom. The molecule has 2 N–H and O–H groups in total. The van der Waals surface area contributed by atoms with Crippen LogP contribution in [0, 0.1) is 0 Å². The average Bonchev–Trinajstić information content (AvgIpc) is 2.44. The van der Waals surface area contributed by atoms with Crippen LogP contribution in [0.1, 0.15) is 11.1 Å². The smallest absolute Gasteiger partial charge is 0.138 e. The van der Waals surface area contributed by atoms with Gasteiger partial charge in [0.15, 0.2) is 0 Å². The third kappa shape index (κ3) is 3.40. The number of hydrogen-bond donors (Lipinski definition) is 2. The molecule has 19 heavy (non-hydrogen) atoms. The number of hydrogen-bond acceptors (Lipinski definition) is 3. The second-order valence-corrected chi connectivity index (χ2v) is 4.57. The number of phenolic OH excluding ortho intramolecular Hbond substituents is 1. The number of benzene rings is 2. The van der Waals surface area contributed by atoms with Gasteiger partial charge in [0.1, 0.15) is 11.5 Å². The molecule has 0 aliphatic carbocycles. The standard InChI is InChI=1S/C15H16ClNO2/c1-19-14-8-3-2-5-11(14)9-17-10-12-6-4-7-13(16)15(12)18/h2-8,17-18H,9-10H2,1H3. The number of methoxy groups -OCH3 is 1. The van der Waals surface area contributed by atoms with Gasteiger partial charge in [0, 0.05) is 24.2 Å². The van der Waals surface area contributed by atoms with Crippen molar-refractivity contribution < 1.29 is 9.84 Å². The molecule has 0 saturated carbocycles. The predicted octanol–water partition coefficient (Wildman–Crippen LogP) is 3.34. The fourth-order valence-corrected chi connectivity index (χ4v) is 2.08. The van der Waals surface area contributed by atoms with E-state index in [0.29, 0.717) is 18.1 Å². The van der Waals surface area contributed by atoms with Crippen LogP contribution in [0.2, 0.25) is 5.02 Å². The van der Waals surface area contributed by atoms with E-state index < -0.39 is 0 Å². The Balaban J connectivity index is 1.98.